The third-order valence-corrected chi connectivity index (χ3v) is 7.41. The number of hydrogen-bond donors (Lipinski definition) is 5. The van der Waals surface area contributed by atoms with Crippen molar-refractivity contribution in [1.82, 2.24) is 10.6 Å². The fourth-order valence-corrected chi connectivity index (χ4v) is 4.88. The molecule has 1 aliphatic rings. The number of amides is 2. The van der Waals surface area contributed by atoms with E-state index >= 15 is 0 Å². The van der Waals surface area contributed by atoms with Crippen molar-refractivity contribution in [2.75, 3.05) is 6.61 Å². The van der Waals surface area contributed by atoms with Gasteiger partial charge in [-0.05, 0) is 18.8 Å². The van der Waals surface area contributed by atoms with Crippen molar-refractivity contribution < 1.29 is 39.2 Å². The summed E-state index contributed by atoms with van der Waals surface area (Å²) >= 11 is 0. The van der Waals surface area contributed by atoms with E-state index in [1.807, 2.05) is 6.92 Å². The van der Waals surface area contributed by atoms with E-state index in [2.05, 4.69) is 17.6 Å². The van der Waals surface area contributed by atoms with Gasteiger partial charge in [-0.25, -0.2) is 4.79 Å². The second-order valence-electron chi connectivity index (χ2n) is 11.4. The minimum absolute atomic E-state index is 0.174. The molecule has 0 spiro atoms. The zero-order chi connectivity index (χ0) is 29.9. The van der Waals surface area contributed by atoms with Crippen molar-refractivity contribution in [3.05, 3.63) is 0 Å². The number of aliphatic hydroxyl groups is 3. The summed E-state index contributed by atoms with van der Waals surface area (Å²) in [5, 5.41) is 35.6. The first-order valence-electron chi connectivity index (χ1n) is 15.6. The SMILES string of the molecule is CCCCCCCCCCCCCCC(=O)NC(C(=O)O[C@H]1O[C@H](CO)[C@@H](O)[C@H](O)[C@H]1NC(=O)CCC)C(C)C. The average Bonchev–Trinajstić information content (AvgIpc) is 2.91. The van der Waals surface area contributed by atoms with Gasteiger partial charge in [-0.1, -0.05) is 98.3 Å². The first kappa shape index (κ1) is 36.3. The number of hydrogen-bond acceptors (Lipinski definition) is 8. The summed E-state index contributed by atoms with van der Waals surface area (Å²) < 4.78 is 11.0. The highest BCUT2D eigenvalue weighted by Crippen LogP contribution is 2.23. The predicted molar refractivity (Wildman–Crippen MR) is 153 cm³/mol. The van der Waals surface area contributed by atoms with E-state index in [0.29, 0.717) is 12.8 Å². The summed E-state index contributed by atoms with van der Waals surface area (Å²) in [4.78, 5) is 37.8. The second-order valence-corrected chi connectivity index (χ2v) is 11.4. The third-order valence-electron chi connectivity index (χ3n) is 7.41. The van der Waals surface area contributed by atoms with E-state index in [1.165, 1.54) is 57.8 Å². The Bertz CT molecular complexity index is 720. The van der Waals surface area contributed by atoms with Crippen LogP contribution in [0.15, 0.2) is 0 Å². The van der Waals surface area contributed by atoms with Crippen molar-refractivity contribution in [3.63, 3.8) is 0 Å². The van der Waals surface area contributed by atoms with Crippen LogP contribution in [0.25, 0.3) is 0 Å². The molecule has 0 aromatic rings. The van der Waals surface area contributed by atoms with Gasteiger partial charge in [-0.3, -0.25) is 9.59 Å². The van der Waals surface area contributed by atoms with Crippen LogP contribution < -0.4 is 10.6 Å². The molecule has 10 heteroatoms. The fraction of sp³-hybridized carbons (Fsp3) is 0.900. The lowest BCUT2D eigenvalue weighted by atomic mass is 9.96. The monoisotopic (exact) mass is 572 g/mol. The number of ether oxygens (including phenoxy) is 2. The van der Waals surface area contributed by atoms with Crippen LogP contribution in [0.1, 0.15) is 124 Å². The molecule has 0 aliphatic carbocycles. The molecule has 5 N–H and O–H groups in total. The van der Waals surface area contributed by atoms with Crippen molar-refractivity contribution in [1.29, 1.82) is 0 Å². The van der Waals surface area contributed by atoms with Crippen molar-refractivity contribution in [3.8, 4) is 0 Å². The van der Waals surface area contributed by atoms with Gasteiger partial charge < -0.3 is 35.4 Å². The molecule has 0 saturated carbocycles. The van der Waals surface area contributed by atoms with E-state index in [1.54, 1.807) is 13.8 Å². The van der Waals surface area contributed by atoms with E-state index in [-0.39, 0.29) is 18.2 Å². The van der Waals surface area contributed by atoms with E-state index < -0.39 is 55.2 Å². The Morgan fingerprint density at radius 1 is 0.775 bits per heavy atom. The van der Waals surface area contributed by atoms with Gasteiger partial charge in [-0.2, -0.15) is 0 Å². The third kappa shape index (κ3) is 13.7. The maximum atomic E-state index is 13.1. The Balaban J connectivity index is 2.51. The molecule has 40 heavy (non-hydrogen) atoms. The smallest absolute Gasteiger partial charge is 0.331 e. The summed E-state index contributed by atoms with van der Waals surface area (Å²) in [6, 6.07) is -2.19. The van der Waals surface area contributed by atoms with Gasteiger partial charge in [0.15, 0.2) is 0 Å². The number of unbranched alkanes of at least 4 members (excludes halogenated alkanes) is 11. The number of carbonyl (C=O) groups excluding carboxylic acids is 3. The van der Waals surface area contributed by atoms with Gasteiger partial charge in [0.25, 0.3) is 0 Å². The molecule has 1 aliphatic heterocycles. The molecule has 1 unspecified atom stereocenters. The van der Waals surface area contributed by atoms with Gasteiger partial charge in [0.1, 0.15) is 30.4 Å². The molecule has 1 fully saturated rings. The number of aliphatic hydroxyl groups excluding tert-OH is 3. The molecule has 234 valence electrons. The molecule has 0 bridgehead atoms. The van der Waals surface area contributed by atoms with Gasteiger partial charge in [0.2, 0.25) is 18.1 Å². The fourth-order valence-electron chi connectivity index (χ4n) is 4.88. The normalized spacial score (nSPS) is 23.6. The van der Waals surface area contributed by atoms with Crippen LogP contribution in [0.3, 0.4) is 0 Å². The van der Waals surface area contributed by atoms with Gasteiger partial charge >= 0.3 is 5.97 Å². The molecule has 1 saturated heterocycles. The minimum atomic E-state index is -1.53. The highest BCUT2D eigenvalue weighted by Gasteiger charge is 2.47. The number of rotatable bonds is 21. The Morgan fingerprint density at radius 3 is 1.82 bits per heavy atom. The van der Waals surface area contributed by atoms with Crippen molar-refractivity contribution >= 4 is 17.8 Å². The molecule has 0 radical (unpaired) electrons. The van der Waals surface area contributed by atoms with Gasteiger partial charge in [-0.15, -0.1) is 0 Å². The quantitative estimate of drug-likeness (QED) is 0.103. The zero-order valence-corrected chi connectivity index (χ0v) is 25.2. The van der Waals surface area contributed by atoms with Crippen molar-refractivity contribution in [2.24, 2.45) is 5.92 Å². The highest BCUT2D eigenvalue weighted by molar-refractivity contribution is 5.84. The predicted octanol–water partition coefficient (Wildman–Crippen LogP) is 3.49. The van der Waals surface area contributed by atoms with Crippen LogP contribution in [-0.4, -0.2) is 76.4 Å². The standard InChI is InChI=1S/C30H56N2O8/c1-5-7-8-9-10-11-12-13-14-15-16-17-19-24(35)31-25(21(3)4)29(38)40-30-26(32-23(34)18-6-2)28(37)27(36)22(20-33)39-30/h21-22,25-28,30,33,36-37H,5-20H2,1-4H3,(H,31,35)(H,32,34)/t22-,25?,26-,27-,28-,30-/m1/s1. The van der Waals surface area contributed by atoms with Crippen molar-refractivity contribution in [2.45, 2.75) is 161 Å². The Kier molecular flexibility index (Phi) is 19.1. The van der Waals surface area contributed by atoms with E-state index in [4.69, 9.17) is 9.47 Å². The van der Waals surface area contributed by atoms with Gasteiger partial charge in [0.05, 0.1) is 6.61 Å². The first-order valence-corrected chi connectivity index (χ1v) is 15.6. The lowest BCUT2D eigenvalue weighted by Gasteiger charge is -2.42. The molecular formula is C30H56N2O8. The zero-order valence-electron chi connectivity index (χ0n) is 25.2. The molecule has 6 atom stereocenters. The van der Waals surface area contributed by atoms with Crippen LogP contribution in [-0.2, 0) is 23.9 Å². The Labute approximate surface area is 241 Å². The summed E-state index contributed by atoms with van der Waals surface area (Å²) in [5.74, 6) is -1.72. The largest absolute Gasteiger partial charge is 0.432 e. The number of nitrogens with one attached hydrogen (secondary N) is 2. The Hall–Kier alpha value is -1.75. The lowest BCUT2D eigenvalue weighted by Crippen LogP contribution is -2.65. The Morgan fingerprint density at radius 2 is 1.32 bits per heavy atom. The topological polar surface area (TPSA) is 154 Å². The molecule has 1 heterocycles. The minimum Gasteiger partial charge on any atom is -0.432 e. The van der Waals surface area contributed by atoms with Crippen LogP contribution in [0.5, 0.6) is 0 Å². The number of carbonyl (C=O) groups is 3. The molecule has 0 aromatic heterocycles. The van der Waals surface area contributed by atoms with Crippen LogP contribution >= 0.6 is 0 Å². The molecule has 2 amide bonds. The summed E-state index contributed by atoms with van der Waals surface area (Å²) in [6.45, 7) is 6.97. The molecule has 0 aromatic carbocycles. The first-order chi connectivity index (χ1) is 19.2. The number of esters is 1. The lowest BCUT2D eigenvalue weighted by molar-refractivity contribution is -0.264. The highest BCUT2D eigenvalue weighted by atomic mass is 16.7. The molecular weight excluding hydrogens is 516 g/mol. The second kappa shape index (κ2) is 21.0. The molecule has 10 nitrogen and oxygen atoms in total. The summed E-state index contributed by atoms with van der Waals surface area (Å²) in [5.41, 5.74) is 0. The van der Waals surface area contributed by atoms with Gasteiger partial charge in [0, 0.05) is 12.8 Å². The van der Waals surface area contributed by atoms with E-state index in [9.17, 15) is 29.7 Å². The molecule has 1 rings (SSSR count). The average molecular weight is 573 g/mol. The van der Waals surface area contributed by atoms with E-state index in [0.717, 1.165) is 19.3 Å². The van der Waals surface area contributed by atoms with Crippen LogP contribution in [0.4, 0.5) is 0 Å². The maximum Gasteiger partial charge on any atom is 0.331 e. The summed E-state index contributed by atoms with van der Waals surface area (Å²) in [6.07, 6.45) is 9.76. The van der Waals surface area contributed by atoms with Crippen LogP contribution in [0.2, 0.25) is 0 Å². The maximum absolute atomic E-state index is 13.1. The summed E-state index contributed by atoms with van der Waals surface area (Å²) in [7, 11) is 0. The van der Waals surface area contributed by atoms with Crippen LogP contribution in [0, 0.1) is 5.92 Å².